The van der Waals surface area contributed by atoms with Gasteiger partial charge in [0.1, 0.15) is 0 Å². The first-order valence-corrected chi connectivity index (χ1v) is 4.84. The molecule has 0 amide bonds. The quantitative estimate of drug-likeness (QED) is 0.617. The molecule has 1 aliphatic rings. The van der Waals surface area contributed by atoms with E-state index in [0.717, 1.165) is 5.92 Å². The standard InChI is InChI=1S/C11H15N/c1-2-9-4-3-5-10-6-7-12-8-11(9)10/h6-9H,2-5H2,1H3. The van der Waals surface area contributed by atoms with Gasteiger partial charge in [0.15, 0.2) is 0 Å². The highest BCUT2D eigenvalue weighted by Gasteiger charge is 2.17. The van der Waals surface area contributed by atoms with E-state index in [9.17, 15) is 0 Å². The molecule has 2 rings (SSSR count). The van der Waals surface area contributed by atoms with Crippen LogP contribution in [0.1, 0.15) is 43.2 Å². The van der Waals surface area contributed by atoms with E-state index in [-0.39, 0.29) is 0 Å². The third-order valence-electron chi connectivity index (χ3n) is 2.88. The zero-order valence-corrected chi connectivity index (χ0v) is 7.59. The van der Waals surface area contributed by atoms with E-state index >= 15 is 0 Å². The molecule has 0 fully saturated rings. The van der Waals surface area contributed by atoms with Crippen LogP contribution in [0.2, 0.25) is 0 Å². The highest BCUT2D eigenvalue weighted by Crippen LogP contribution is 2.32. The van der Waals surface area contributed by atoms with Crippen LogP contribution in [0.5, 0.6) is 0 Å². The summed E-state index contributed by atoms with van der Waals surface area (Å²) in [6, 6.07) is 2.18. The highest BCUT2D eigenvalue weighted by molar-refractivity contribution is 5.29. The van der Waals surface area contributed by atoms with Crippen LogP contribution < -0.4 is 0 Å². The Balaban J connectivity index is 2.37. The number of fused-ring (bicyclic) bond motifs is 1. The Labute approximate surface area is 73.8 Å². The molecule has 1 atom stereocenters. The molecule has 12 heavy (non-hydrogen) atoms. The lowest BCUT2D eigenvalue weighted by atomic mass is 9.83. The molecule has 1 nitrogen and oxygen atoms in total. The Morgan fingerprint density at radius 3 is 3.33 bits per heavy atom. The number of hydrogen-bond acceptors (Lipinski definition) is 1. The molecule has 0 aromatic carbocycles. The third kappa shape index (κ3) is 1.24. The van der Waals surface area contributed by atoms with Crippen LogP contribution in [-0.2, 0) is 6.42 Å². The number of nitrogens with zero attached hydrogens (tertiary/aromatic N) is 1. The first-order valence-electron chi connectivity index (χ1n) is 4.84. The summed E-state index contributed by atoms with van der Waals surface area (Å²) in [6.45, 7) is 2.27. The Morgan fingerprint density at radius 2 is 2.50 bits per heavy atom. The molecule has 1 aromatic rings. The van der Waals surface area contributed by atoms with Gasteiger partial charge >= 0.3 is 0 Å². The number of aromatic nitrogens is 1. The smallest absolute Gasteiger partial charge is 0.0305 e. The van der Waals surface area contributed by atoms with Crippen molar-refractivity contribution < 1.29 is 0 Å². The van der Waals surface area contributed by atoms with Crippen molar-refractivity contribution in [3.8, 4) is 0 Å². The number of hydrogen-bond donors (Lipinski definition) is 0. The van der Waals surface area contributed by atoms with Gasteiger partial charge in [-0.05, 0) is 48.8 Å². The molecular weight excluding hydrogens is 146 g/mol. The van der Waals surface area contributed by atoms with Gasteiger partial charge in [-0.2, -0.15) is 0 Å². The molecule has 1 aromatic heterocycles. The van der Waals surface area contributed by atoms with E-state index in [4.69, 9.17) is 0 Å². The minimum atomic E-state index is 0.780. The van der Waals surface area contributed by atoms with Gasteiger partial charge in [0.2, 0.25) is 0 Å². The third-order valence-corrected chi connectivity index (χ3v) is 2.88. The molecule has 0 bridgehead atoms. The van der Waals surface area contributed by atoms with Crippen LogP contribution in [0.3, 0.4) is 0 Å². The summed E-state index contributed by atoms with van der Waals surface area (Å²) in [5.41, 5.74) is 3.04. The van der Waals surface area contributed by atoms with Crippen molar-refractivity contribution in [3.63, 3.8) is 0 Å². The summed E-state index contributed by atoms with van der Waals surface area (Å²) in [5, 5.41) is 0. The van der Waals surface area contributed by atoms with Gasteiger partial charge in [0.25, 0.3) is 0 Å². The number of aryl methyl sites for hydroxylation is 1. The van der Waals surface area contributed by atoms with E-state index in [1.54, 1.807) is 0 Å². The molecule has 0 saturated heterocycles. The summed E-state index contributed by atoms with van der Waals surface area (Å²) in [7, 11) is 0. The average Bonchev–Trinajstić information content (AvgIpc) is 2.17. The molecule has 0 saturated carbocycles. The molecule has 64 valence electrons. The first kappa shape index (κ1) is 7.78. The summed E-state index contributed by atoms with van der Waals surface area (Å²) in [6.07, 6.45) is 9.21. The van der Waals surface area contributed by atoms with E-state index in [2.05, 4.69) is 24.2 Å². The predicted molar refractivity (Wildman–Crippen MR) is 50.2 cm³/mol. The topological polar surface area (TPSA) is 12.9 Å². The SMILES string of the molecule is CCC1CCCc2ccncc21. The minimum Gasteiger partial charge on any atom is -0.264 e. The second-order valence-corrected chi connectivity index (χ2v) is 3.57. The molecule has 0 N–H and O–H groups in total. The van der Waals surface area contributed by atoms with Crippen molar-refractivity contribution in [3.05, 3.63) is 29.6 Å². The summed E-state index contributed by atoms with van der Waals surface area (Å²) < 4.78 is 0. The number of rotatable bonds is 1. The van der Waals surface area contributed by atoms with Gasteiger partial charge in [-0.1, -0.05) is 6.92 Å². The van der Waals surface area contributed by atoms with E-state index in [1.165, 1.54) is 36.8 Å². The molecule has 1 heteroatoms. The lowest BCUT2D eigenvalue weighted by molar-refractivity contribution is 0.538. The monoisotopic (exact) mass is 161 g/mol. The van der Waals surface area contributed by atoms with E-state index in [1.807, 2.05) is 6.20 Å². The van der Waals surface area contributed by atoms with Gasteiger partial charge in [0.05, 0.1) is 0 Å². The summed E-state index contributed by atoms with van der Waals surface area (Å²) >= 11 is 0. The second kappa shape index (κ2) is 3.26. The van der Waals surface area contributed by atoms with Crippen LogP contribution in [0.4, 0.5) is 0 Å². The average molecular weight is 161 g/mol. The summed E-state index contributed by atoms with van der Waals surface area (Å²) in [5.74, 6) is 0.780. The lowest BCUT2D eigenvalue weighted by Gasteiger charge is -2.23. The lowest BCUT2D eigenvalue weighted by Crippen LogP contribution is -2.09. The Hall–Kier alpha value is -0.850. The first-order chi connectivity index (χ1) is 5.92. The second-order valence-electron chi connectivity index (χ2n) is 3.57. The molecular formula is C11H15N. The van der Waals surface area contributed by atoms with Crippen LogP contribution in [0.15, 0.2) is 18.5 Å². The van der Waals surface area contributed by atoms with Gasteiger partial charge in [-0.15, -0.1) is 0 Å². The van der Waals surface area contributed by atoms with Gasteiger partial charge in [-0.3, -0.25) is 4.98 Å². The van der Waals surface area contributed by atoms with E-state index < -0.39 is 0 Å². The molecule has 0 spiro atoms. The maximum absolute atomic E-state index is 4.20. The van der Waals surface area contributed by atoms with Crippen molar-refractivity contribution in [1.29, 1.82) is 0 Å². The van der Waals surface area contributed by atoms with Crippen molar-refractivity contribution in [2.45, 2.75) is 38.5 Å². The Morgan fingerprint density at radius 1 is 1.58 bits per heavy atom. The van der Waals surface area contributed by atoms with Crippen LogP contribution in [0.25, 0.3) is 0 Å². The van der Waals surface area contributed by atoms with Crippen LogP contribution in [0, 0.1) is 0 Å². The van der Waals surface area contributed by atoms with Gasteiger partial charge < -0.3 is 0 Å². The maximum atomic E-state index is 4.20. The fraction of sp³-hybridized carbons (Fsp3) is 0.545. The maximum Gasteiger partial charge on any atom is 0.0305 e. The van der Waals surface area contributed by atoms with Crippen molar-refractivity contribution in [1.82, 2.24) is 4.98 Å². The van der Waals surface area contributed by atoms with Crippen molar-refractivity contribution >= 4 is 0 Å². The Kier molecular flexibility index (Phi) is 2.11. The Bertz CT molecular complexity index is 267. The van der Waals surface area contributed by atoms with Crippen LogP contribution >= 0.6 is 0 Å². The zero-order chi connectivity index (χ0) is 8.39. The highest BCUT2D eigenvalue weighted by atomic mass is 14.6. The van der Waals surface area contributed by atoms with Gasteiger partial charge in [0, 0.05) is 12.4 Å². The molecule has 0 aliphatic heterocycles. The van der Waals surface area contributed by atoms with Crippen LogP contribution in [-0.4, -0.2) is 4.98 Å². The minimum absolute atomic E-state index is 0.780. The van der Waals surface area contributed by atoms with Crippen molar-refractivity contribution in [2.75, 3.05) is 0 Å². The fourth-order valence-corrected chi connectivity index (χ4v) is 2.15. The van der Waals surface area contributed by atoms with Crippen molar-refractivity contribution in [2.24, 2.45) is 0 Å². The predicted octanol–water partition coefficient (Wildman–Crippen LogP) is 2.91. The molecule has 1 unspecified atom stereocenters. The summed E-state index contributed by atoms with van der Waals surface area (Å²) in [4.78, 5) is 4.20. The molecule has 0 radical (unpaired) electrons. The zero-order valence-electron chi connectivity index (χ0n) is 7.59. The normalized spacial score (nSPS) is 21.9. The van der Waals surface area contributed by atoms with Gasteiger partial charge in [-0.25, -0.2) is 0 Å². The fourth-order valence-electron chi connectivity index (χ4n) is 2.15. The molecule has 1 heterocycles. The van der Waals surface area contributed by atoms with E-state index in [0.29, 0.717) is 0 Å². The number of pyridine rings is 1. The molecule has 1 aliphatic carbocycles. The largest absolute Gasteiger partial charge is 0.264 e.